The standard InChI is InChI=1S/C20H26N2O5/c1-5-13(3)17(18-16(14(4)27-22-18)19(23)25-6-2)21-20(24)26-12-15-10-8-7-9-11-15/h7-11,13,17H,5-6,12H2,1-4H3,(H,21,24)/t13?,17-/m0/s1. The molecule has 1 N–H and O–H groups in total. The first kappa shape index (κ1) is 20.5. The van der Waals surface area contributed by atoms with Gasteiger partial charge in [-0.25, -0.2) is 9.59 Å². The number of nitrogens with zero attached hydrogens (tertiary/aromatic N) is 1. The Kier molecular flexibility index (Phi) is 7.40. The Morgan fingerprint density at radius 3 is 2.52 bits per heavy atom. The molecule has 0 bridgehead atoms. The predicted molar refractivity (Wildman–Crippen MR) is 99.2 cm³/mol. The van der Waals surface area contributed by atoms with Crippen LogP contribution in [0, 0.1) is 12.8 Å². The molecule has 7 heteroatoms. The second kappa shape index (κ2) is 9.75. The maximum atomic E-state index is 12.3. The number of aryl methyl sites for hydroxylation is 1. The van der Waals surface area contributed by atoms with E-state index in [9.17, 15) is 9.59 Å². The Bertz CT molecular complexity index is 757. The average molecular weight is 374 g/mol. The van der Waals surface area contributed by atoms with Crippen LogP contribution in [-0.4, -0.2) is 23.8 Å². The van der Waals surface area contributed by atoms with E-state index in [2.05, 4.69) is 10.5 Å². The summed E-state index contributed by atoms with van der Waals surface area (Å²) in [5, 5.41) is 6.83. The minimum Gasteiger partial charge on any atom is -0.462 e. The van der Waals surface area contributed by atoms with E-state index in [1.54, 1.807) is 13.8 Å². The van der Waals surface area contributed by atoms with E-state index < -0.39 is 18.1 Å². The van der Waals surface area contributed by atoms with Gasteiger partial charge in [0.2, 0.25) is 0 Å². The number of rotatable bonds is 8. The van der Waals surface area contributed by atoms with Gasteiger partial charge in [-0.15, -0.1) is 0 Å². The molecule has 0 aliphatic rings. The molecule has 0 aliphatic heterocycles. The van der Waals surface area contributed by atoms with Crippen LogP contribution in [0.25, 0.3) is 0 Å². The van der Waals surface area contributed by atoms with Gasteiger partial charge in [0.05, 0.1) is 12.6 Å². The van der Waals surface area contributed by atoms with E-state index in [4.69, 9.17) is 14.0 Å². The highest BCUT2D eigenvalue weighted by Crippen LogP contribution is 2.29. The number of esters is 1. The van der Waals surface area contributed by atoms with Crippen molar-refractivity contribution in [1.29, 1.82) is 0 Å². The van der Waals surface area contributed by atoms with E-state index in [1.807, 2.05) is 44.2 Å². The van der Waals surface area contributed by atoms with E-state index in [0.29, 0.717) is 11.5 Å². The second-order valence-corrected chi connectivity index (χ2v) is 6.29. The number of amides is 1. The fourth-order valence-electron chi connectivity index (χ4n) is 2.66. The third-order valence-electron chi connectivity index (χ3n) is 4.36. The minimum absolute atomic E-state index is 0.00644. The maximum absolute atomic E-state index is 12.3. The molecule has 2 rings (SSSR count). The number of hydrogen-bond acceptors (Lipinski definition) is 6. The summed E-state index contributed by atoms with van der Waals surface area (Å²) in [5.41, 5.74) is 1.50. The summed E-state index contributed by atoms with van der Waals surface area (Å²) in [7, 11) is 0. The Morgan fingerprint density at radius 2 is 1.89 bits per heavy atom. The van der Waals surface area contributed by atoms with Gasteiger partial charge in [-0.1, -0.05) is 55.8 Å². The van der Waals surface area contributed by atoms with Gasteiger partial charge in [-0.05, 0) is 25.3 Å². The van der Waals surface area contributed by atoms with Crippen molar-refractivity contribution >= 4 is 12.1 Å². The fraction of sp³-hybridized carbons (Fsp3) is 0.450. The van der Waals surface area contributed by atoms with Crippen LogP contribution in [0.4, 0.5) is 4.79 Å². The number of hydrogen-bond donors (Lipinski definition) is 1. The molecule has 0 saturated heterocycles. The first-order valence-corrected chi connectivity index (χ1v) is 9.08. The van der Waals surface area contributed by atoms with Crippen molar-refractivity contribution in [2.45, 2.75) is 46.8 Å². The summed E-state index contributed by atoms with van der Waals surface area (Å²) >= 11 is 0. The molecule has 0 radical (unpaired) electrons. The Morgan fingerprint density at radius 1 is 1.19 bits per heavy atom. The molecule has 2 aromatic rings. The summed E-state index contributed by atoms with van der Waals surface area (Å²) in [4.78, 5) is 24.6. The van der Waals surface area contributed by atoms with Gasteiger partial charge in [0.15, 0.2) is 0 Å². The zero-order valence-corrected chi connectivity index (χ0v) is 16.2. The molecule has 0 aliphatic carbocycles. The molecule has 0 fully saturated rings. The van der Waals surface area contributed by atoms with Crippen LogP contribution in [0.3, 0.4) is 0 Å². The van der Waals surface area contributed by atoms with Crippen molar-refractivity contribution in [1.82, 2.24) is 10.5 Å². The lowest BCUT2D eigenvalue weighted by atomic mass is 9.93. The normalized spacial score (nSPS) is 12.9. The van der Waals surface area contributed by atoms with Gasteiger partial charge in [0.1, 0.15) is 23.6 Å². The van der Waals surface area contributed by atoms with E-state index in [0.717, 1.165) is 12.0 Å². The summed E-state index contributed by atoms with van der Waals surface area (Å²) in [6, 6.07) is 8.87. The van der Waals surface area contributed by atoms with Crippen LogP contribution in [0.1, 0.15) is 60.6 Å². The molecular formula is C20H26N2O5. The second-order valence-electron chi connectivity index (χ2n) is 6.29. The van der Waals surface area contributed by atoms with Crippen molar-refractivity contribution in [3.8, 4) is 0 Å². The lowest BCUT2D eigenvalue weighted by Crippen LogP contribution is -2.34. The molecular weight excluding hydrogens is 348 g/mol. The molecule has 2 atom stereocenters. The molecule has 0 spiro atoms. The molecule has 1 aromatic carbocycles. The van der Waals surface area contributed by atoms with E-state index >= 15 is 0 Å². The van der Waals surface area contributed by atoms with Gasteiger partial charge in [0, 0.05) is 0 Å². The monoisotopic (exact) mass is 374 g/mol. The van der Waals surface area contributed by atoms with Crippen molar-refractivity contribution in [3.63, 3.8) is 0 Å². The van der Waals surface area contributed by atoms with Crippen LogP contribution in [0.5, 0.6) is 0 Å². The summed E-state index contributed by atoms with van der Waals surface area (Å²) < 4.78 is 15.6. The number of ether oxygens (including phenoxy) is 2. The van der Waals surface area contributed by atoms with Crippen LogP contribution < -0.4 is 5.32 Å². The number of aromatic nitrogens is 1. The van der Waals surface area contributed by atoms with Gasteiger partial charge in [-0.3, -0.25) is 0 Å². The topological polar surface area (TPSA) is 90.7 Å². The SMILES string of the molecule is CCOC(=O)c1c([C@@H](NC(=O)OCc2ccccc2)C(C)CC)noc1C. The summed E-state index contributed by atoms with van der Waals surface area (Å²) in [6.07, 6.45) is 0.178. The lowest BCUT2D eigenvalue weighted by Gasteiger charge is -2.22. The molecule has 1 amide bonds. The van der Waals surface area contributed by atoms with Crippen molar-refractivity contribution in [3.05, 3.63) is 52.9 Å². The molecule has 146 valence electrons. The van der Waals surface area contributed by atoms with Gasteiger partial charge < -0.3 is 19.3 Å². The highest BCUT2D eigenvalue weighted by molar-refractivity contribution is 5.92. The van der Waals surface area contributed by atoms with E-state index in [1.165, 1.54) is 0 Å². The number of benzene rings is 1. The fourth-order valence-corrected chi connectivity index (χ4v) is 2.66. The average Bonchev–Trinajstić information content (AvgIpc) is 3.06. The van der Waals surface area contributed by atoms with Crippen LogP contribution >= 0.6 is 0 Å². The third kappa shape index (κ3) is 5.32. The third-order valence-corrected chi connectivity index (χ3v) is 4.36. The van der Waals surface area contributed by atoms with Gasteiger partial charge >= 0.3 is 12.1 Å². The Hall–Kier alpha value is -2.83. The van der Waals surface area contributed by atoms with Crippen molar-refractivity contribution < 1.29 is 23.6 Å². The van der Waals surface area contributed by atoms with Gasteiger partial charge in [0.25, 0.3) is 0 Å². The minimum atomic E-state index is -0.584. The summed E-state index contributed by atoms with van der Waals surface area (Å²) in [5.74, 6) is -0.151. The maximum Gasteiger partial charge on any atom is 0.408 e. The highest BCUT2D eigenvalue weighted by atomic mass is 16.5. The number of nitrogens with one attached hydrogen (secondary N) is 1. The zero-order valence-electron chi connectivity index (χ0n) is 16.2. The molecule has 27 heavy (non-hydrogen) atoms. The first-order valence-electron chi connectivity index (χ1n) is 9.08. The van der Waals surface area contributed by atoms with Crippen LogP contribution in [0.15, 0.2) is 34.9 Å². The van der Waals surface area contributed by atoms with E-state index in [-0.39, 0.29) is 24.7 Å². The molecule has 0 saturated carbocycles. The molecule has 1 aromatic heterocycles. The zero-order chi connectivity index (χ0) is 19.8. The van der Waals surface area contributed by atoms with Crippen molar-refractivity contribution in [2.24, 2.45) is 5.92 Å². The first-order chi connectivity index (χ1) is 13.0. The Labute approximate surface area is 159 Å². The Balaban J connectivity index is 2.16. The van der Waals surface area contributed by atoms with Gasteiger partial charge in [-0.2, -0.15) is 0 Å². The lowest BCUT2D eigenvalue weighted by molar-refractivity contribution is 0.0521. The molecule has 7 nitrogen and oxygen atoms in total. The molecule has 1 heterocycles. The summed E-state index contributed by atoms with van der Waals surface area (Å²) in [6.45, 7) is 7.72. The van der Waals surface area contributed by atoms with Crippen LogP contribution in [-0.2, 0) is 16.1 Å². The largest absolute Gasteiger partial charge is 0.462 e. The van der Waals surface area contributed by atoms with Crippen LogP contribution in [0.2, 0.25) is 0 Å². The predicted octanol–water partition coefficient (Wildman–Crippen LogP) is 4.17. The van der Waals surface area contributed by atoms with Crippen molar-refractivity contribution in [2.75, 3.05) is 6.61 Å². The number of carbonyl (C=O) groups is 2. The molecule has 1 unspecified atom stereocenters. The smallest absolute Gasteiger partial charge is 0.408 e. The number of alkyl carbamates (subject to hydrolysis) is 1. The number of carbonyl (C=O) groups excluding carboxylic acids is 2. The quantitative estimate of drug-likeness (QED) is 0.697. The highest BCUT2D eigenvalue weighted by Gasteiger charge is 2.31.